The molecule has 122 valence electrons. The number of carbonyl (C=O) groups is 2. The van der Waals surface area contributed by atoms with Gasteiger partial charge in [0.05, 0.1) is 11.0 Å². The van der Waals surface area contributed by atoms with Crippen molar-refractivity contribution in [2.24, 2.45) is 5.73 Å². The summed E-state index contributed by atoms with van der Waals surface area (Å²) in [6, 6.07) is 7.68. The molecule has 0 saturated carbocycles. The predicted molar refractivity (Wildman–Crippen MR) is 93.0 cm³/mol. The van der Waals surface area contributed by atoms with Crippen molar-refractivity contribution in [3.05, 3.63) is 29.8 Å². The first kappa shape index (κ1) is 18.5. The molecule has 2 unspecified atom stereocenters. The van der Waals surface area contributed by atoms with E-state index in [1.54, 1.807) is 6.92 Å². The maximum Gasteiger partial charge on any atom is 0.234 e. The number of thioether (sulfide) groups is 1. The molecular weight excluding hydrogens is 298 g/mol. The van der Waals surface area contributed by atoms with E-state index >= 15 is 0 Å². The molecule has 0 spiro atoms. The highest BCUT2D eigenvalue weighted by atomic mass is 32.2. The number of rotatable bonds is 8. The molecule has 2 atom stereocenters. The third-order valence-corrected chi connectivity index (χ3v) is 4.21. The van der Waals surface area contributed by atoms with Gasteiger partial charge < -0.3 is 16.4 Å². The number of carbonyl (C=O) groups excluding carboxylic acids is 2. The molecule has 0 radical (unpaired) electrons. The van der Waals surface area contributed by atoms with Gasteiger partial charge in [0.2, 0.25) is 11.8 Å². The molecule has 2 amide bonds. The summed E-state index contributed by atoms with van der Waals surface area (Å²) < 4.78 is 0. The SMILES string of the molecule is Cc1ccc(NC(=O)CSC(C)C(=O)NCCC(C)N)cc1. The standard InChI is InChI=1S/C16H25N3O2S/c1-11-4-6-14(7-5-11)19-15(20)10-22-13(3)16(21)18-9-8-12(2)17/h4-7,12-13H,8-10,17H2,1-3H3,(H,18,21)(H,19,20). The van der Waals surface area contributed by atoms with E-state index in [1.807, 2.05) is 38.1 Å². The van der Waals surface area contributed by atoms with Crippen molar-refractivity contribution in [3.8, 4) is 0 Å². The molecule has 0 heterocycles. The van der Waals surface area contributed by atoms with Crippen molar-refractivity contribution in [3.63, 3.8) is 0 Å². The molecule has 0 fully saturated rings. The first-order valence-corrected chi connectivity index (χ1v) is 8.44. The number of aryl methyl sites for hydroxylation is 1. The van der Waals surface area contributed by atoms with Gasteiger partial charge in [0.1, 0.15) is 0 Å². The Balaban J connectivity index is 2.27. The number of nitrogens with one attached hydrogen (secondary N) is 2. The third-order valence-electron chi connectivity index (χ3n) is 3.07. The van der Waals surface area contributed by atoms with Gasteiger partial charge in [0, 0.05) is 18.3 Å². The zero-order chi connectivity index (χ0) is 16.5. The molecule has 0 aliphatic rings. The lowest BCUT2D eigenvalue weighted by molar-refractivity contribution is -0.120. The van der Waals surface area contributed by atoms with Crippen LogP contribution in [0.4, 0.5) is 5.69 Å². The molecule has 0 bridgehead atoms. The Labute approximate surface area is 136 Å². The molecule has 0 saturated heterocycles. The van der Waals surface area contributed by atoms with E-state index in [0.29, 0.717) is 6.54 Å². The van der Waals surface area contributed by atoms with Gasteiger partial charge in [-0.25, -0.2) is 0 Å². The highest BCUT2D eigenvalue weighted by Crippen LogP contribution is 2.13. The van der Waals surface area contributed by atoms with Crippen molar-refractivity contribution in [1.82, 2.24) is 5.32 Å². The van der Waals surface area contributed by atoms with Crippen LogP contribution in [0.25, 0.3) is 0 Å². The average Bonchev–Trinajstić information content (AvgIpc) is 2.46. The van der Waals surface area contributed by atoms with Crippen LogP contribution in [0.3, 0.4) is 0 Å². The Morgan fingerprint density at radius 3 is 2.45 bits per heavy atom. The van der Waals surface area contributed by atoms with Gasteiger partial charge in [-0.15, -0.1) is 11.8 Å². The second-order valence-electron chi connectivity index (χ2n) is 5.42. The van der Waals surface area contributed by atoms with Crippen molar-refractivity contribution >= 4 is 29.3 Å². The molecule has 1 aromatic rings. The smallest absolute Gasteiger partial charge is 0.234 e. The van der Waals surface area contributed by atoms with E-state index in [2.05, 4.69) is 10.6 Å². The predicted octanol–water partition coefficient (Wildman–Crippen LogP) is 1.91. The highest BCUT2D eigenvalue weighted by molar-refractivity contribution is 8.01. The lowest BCUT2D eigenvalue weighted by atomic mass is 10.2. The Kier molecular flexibility index (Phi) is 7.98. The number of benzene rings is 1. The minimum absolute atomic E-state index is 0.0613. The van der Waals surface area contributed by atoms with Crippen LogP contribution in [-0.4, -0.2) is 35.4 Å². The number of amides is 2. The number of nitrogens with two attached hydrogens (primary N) is 1. The molecule has 0 aromatic heterocycles. The van der Waals surface area contributed by atoms with Crippen LogP contribution in [0.15, 0.2) is 24.3 Å². The molecule has 0 aliphatic heterocycles. The lowest BCUT2D eigenvalue weighted by Gasteiger charge is -2.13. The van der Waals surface area contributed by atoms with Gasteiger partial charge in [0.15, 0.2) is 0 Å². The quantitative estimate of drug-likeness (QED) is 0.682. The lowest BCUT2D eigenvalue weighted by Crippen LogP contribution is -2.34. The number of hydrogen-bond donors (Lipinski definition) is 3. The van der Waals surface area contributed by atoms with Gasteiger partial charge in [0.25, 0.3) is 0 Å². The van der Waals surface area contributed by atoms with Crippen molar-refractivity contribution in [2.45, 2.75) is 38.5 Å². The Bertz CT molecular complexity index is 489. The summed E-state index contributed by atoms with van der Waals surface area (Å²) in [5, 5.41) is 5.37. The maximum absolute atomic E-state index is 11.8. The molecule has 4 N–H and O–H groups in total. The van der Waals surface area contributed by atoms with Crippen LogP contribution in [-0.2, 0) is 9.59 Å². The Hall–Kier alpha value is -1.53. The summed E-state index contributed by atoms with van der Waals surface area (Å²) in [7, 11) is 0. The molecular formula is C16H25N3O2S. The van der Waals surface area contributed by atoms with Gasteiger partial charge in [-0.2, -0.15) is 0 Å². The summed E-state index contributed by atoms with van der Waals surface area (Å²) >= 11 is 1.32. The van der Waals surface area contributed by atoms with Crippen LogP contribution >= 0.6 is 11.8 Å². The van der Waals surface area contributed by atoms with Gasteiger partial charge in [-0.1, -0.05) is 17.7 Å². The summed E-state index contributed by atoms with van der Waals surface area (Å²) in [4.78, 5) is 23.7. The van der Waals surface area contributed by atoms with E-state index < -0.39 is 0 Å². The van der Waals surface area contributed by atoms with Crippen LogP contribution < -0.4 is 16.4 Å². The first-order chi connectivity index (χ1) is 10.4. The van der Waals surface area contributed by atoms with Crippen LogP contribution in [0.1, 0.15) is 25.8 Å². The van der Waals surface area contributed by atoms with E-state index in [9.17, 15) is 9.59 Å². The zero-order valence-corrected chi connectivity index (χ0v) is 14.2. The highest BCUT2D eigenvalue weighted by Gasteiger charge is 2.15. The van der Waals surface area contributed by atoms with Crippen LogP contribution in [0, 0.1) is 6.92 Å². The fourth-order valence-electron chi connectivity index (χ4n) is 1.68. The fraction of sp³-hybridized carbons (Fsp3) is 0.500. The molecule has 1 aromatic carbocycles. The van der Waals surface area contributed by atoms with Crippen molar-refractivity contribution in [1.29, 1.82) is 0 Å². The van der Waals surface area contributed by atoms with Crippen molar-refractivity contribution in [2.75, 3.05) is 17.6 Å². The minimum atomic E-state index is -0.267. The molecule has 1 rings (SSSR count). The van der Waals surface area contributed by atoms with Crippen LogP contribution in [0.5, 0.6) is 0 Å². The molecule has 6 heteroatoms. The second-order valence-corrected chi connectivity index (χ2v) is 6.75. The van der Waals surface area contributed by atoms with E-state index in [1.165, 1.54) is 11.8 Å². The fourth-order valence-corrected chi connectivity index (χ4v) is 2.39. The van der Waals surface area contributed by atoms with E-state index in [4.69, 9.17) is 5.73 Å². The first-order valence-electron chi connectivity index (χ1n) is 7.40. The van der Waals surface area contributed by atoms with Gasteiger partial charge >= 0.3 is 0 Å². The second kappa shape index (κ2) is 9.48. The van der Waals surface area contributed by atoms with E-state index in [-0.39, 0.29) is 28.9 Å². The summed E-state index contributed by atoms with van der Waals surface area (Å²) in [6.07, 6.45) is 0.747. The number of hydrogen-bond acceptors (Lipinski definition) is 4. The van der Waals surface area contributed by atoms with Gasteiger partial charge in [-0.3, -0.25) is 9.59 Å². The summed E-state index contributed by atoms with van der Waals surface area (Å²) in [6.45, 7) is 6.26. The maximum atomic E-state index is 11.8. The zero-order valence-electron chi connectivity index (χ0n) is 13.4. The molecule has 22 heavy (non-hydrogen) atoms. The monoisotopic (exact) mass is 323 g/mol. The number of anilines is 1. The van der Waals surface area contributed by atoms with E-state index in [0.717, 1.165) is 17.7 Å². The van der Waals surface area contributed by atoms with Crippen molar-refractivity contribution < 1.29 is 9.59 Å². The third kappa shape index (κ3) is 7.47. The minimum Gasteiger partial charge on any atom is -0.355 e. The average molecular weight is 323 g/mol. The molecule has 5 nitrogen and oxygen atoms in total. The van der Waals surface area contributed by atoms with Crippen LogP contribution in [0.2, 0.25) is 0 Å². The van der Waals surface area contributed by atoms with Gasteiger partial charge in [-0.05, 0) is 39.3 Å². The normalized spacial score (nSPS) is 13.3. The Morgan fingerprint density at radius 1 is 1.23 bits per heavy atom. The topological polar surface area (TPSA) is 84.2 Å². The summed E-state index contributed by atoms with van der Waals surface area (Å²) in [5.41, 5.74) is 7.54. The summed E-state index contributed by atoms with van der Waals surface area (Å²) in [5.74, 6) is 0.0771. The Morgan fingerprint density at radius 2 is 1.86 bits per heavy atom. The molecule has 0 aliphatic carbocycles. The largest absolute Gasteiger partial charge is 0.355 e.